The number of halogens is 4. The van der Waals surface area contributed by atoms with Crippen molar-refractivity contribution in [3.63, 3.8) is 0 Å². The number of imidazole rings is 1. The summed E-state index contributed by atoms with van der Waals surface area (Å²) in [5, 5.41) is 0. The second kappa shape index (κ2) is 6.19. The highest BCUT2D eigenvalue weighted by atomic mass is 19.4. The van der Waals surface area contributed by atoms with E-state index in [1.807, 2.05) is 0 Å². The zero-order valence-electron chi connectivity index (χ0n) is 13.0. The molecule has 0 atom stereocenters. The number of esters is 1. The number of nitrogens with zero attached hydrogens (tertiary/aromatic N) is 2. The predicted molar refractivity (Wildman–Crippen MR) is 81.6 cm³/mol. The fourth-order valence-corrected chi connectivity index (χ4v) is 2.52. The number of rotatable bonds is 3. The van der Waals surface area contributed by atoms with E-state index < -0.39 is 23.5 Å². The fourth-order valence-electron chi connectivity index (χ4n) is 2.52. The van der Waals surface area contributed by atoms with Gasteiger partial charge in [0, 0.05) is 5.56 Å². The maximum atomic E-state index is 14.4. The Bertz CT molecular complexity index is 947. The van der Waals surface area contributed by atoms with Crippen LogP contribution in [0.1, 0.15) is 21.5 Å². The minimum Gasteiger partial charge on any atom is -0.465 e. The third kappa shape index (κ3) is 3.19. The molecule has 0 saturated carbocycles. The summed E-state index contributed by atoms with van der Waals surface area (Å²) in [6.07, 6.45) is -3.13. The van der Waals surface area contributed by atoms with Gasteiger partial charge in [0.2, 0.25) is 0 Å². The van der Waals surface area contributed by atoms with E-state index in [4.69, 9.17) is 0 Å². The predicted octanol–water partition coefficient (Wildman–Crippen LogP) is 4.03. The van der Waals surface area contributed by atoms with Crippen LogP contribution < -0.4 is 0 Å². The van der Waals surface area contributed by atoms with Crippen molar-refractivity contribution in [1.29, 1.82) is 0 Å². The van der Waals surface area contributed by atoms with Crippen LogP contribution >= 0.6 is 0 Å². The number of fused-ring (bicyclic) bond motifs is 1. The highest BCUT2D eigenvalue weighted by Gasteiger charge is 2.30. The summed E-state index contributed by atoms with van der Waals surface area (Å²) >= 11 is 0. The van der Waals surface area contributed by atoms with Gasteiger partial charge in [0.1, 0.15) is 5.82 Å². The van der Waals surface area contributed by atoms with Crippen molar-refractivity contribution in [3.05, 3.63) is 65.2 Å². The first-order valence-corrected chi connectivity index (χ1v) is 7.19. The average molecular weight is 352 g/mol. The molecule has 8 heteroatoms. The third-order valence-corrected chi connectivity index (χ3v) is 3.77. The molecule has 4 nitrogen and oxygen atoms in total. The lowest BCUT2D eigenvalue weighted by Crippen LogP contribution is -2.09. The summed E-state index contributed by atoms with van der Waals surface area (Å²) in [4.78, 5) is 15.5. The van der Waals surface area contributed by atoms with Crippen LogP contribution in [0.2, 0.25) is 0 Å². The number of hydrogen-bond acceptors (Lipinski definition) is 3. The van der Waals surface area contributed by atoms with Gasteiger partial charge in [-0.05, 0) is 24.3 Å². The molecule has 1 aromatic heterocycles. The van der Waals surface area contributed by atoms with Crippen LogP contribution in [-0.4, -0.2) is 22.6 Å². The fraction of sp³-hybridized carbons (Fsp3) is 0.176. The standard InChI is InChI=1S/C17H12F4N2O2/c1-25-16(24)12-4-2-3-10(15(12)18)8-23-9-22-13-7-11(17(19,20)21)5-6-14(13)23/h2-7,9H,8H2,1H3. The van der Waals surface area contributed by atoms with Gasteiger partial charge >= 0.3 is 12.1 Å². The molecule has 0 unspecified atom stereocenters. The number of carbonyl (C=O) groups is 1. The zero-order valence-corrected chi connectivity index (χ0v) is 13.0. The molecule has 0 bridgehead atoms. The van der Waals surface area contributed by atoms with Crippen molar-refractivity contribution in [2.75, 3.05) is 7.11 Å². The second-order valence-electron chi connectivity index (χ2n) is 5.34. The molecular formula is C17H12F4N2O2. The zero-order chi connectivity index (χ0) is 18.2. The van der Waals surface area contributed by atoms with Crippen molar-refractivity contribution in [2.24, 2.45) is 0 Å². The van der Waals surface area contributed by atoms with Crippen LogP contribution in [0, 0.1) is 5.82 Å². The van der Waals surface area contributed by atoms with Crippen molar-refractivity contribution in [1.82, 2.24) is 9.55 Å². The molecule has 2 aromatic carbocycles. The Morgan fingerprint density at radius 2 is 2.00 bits per heavy atom. The average Bonchev–Trinajstić information content (AvgIpc) is 2.97. The molecule has 0 spiro atoms. The van der Waals surface area contributed by atoms with Gasteiger partial charge in [-0.2, -0.15) is 13.2 Å². The van der Waals surface area contributed by atoms with Gasteiger partial charge in [0.05, 0.1) is 42.1 Å². The van der Waals surface area contributed by atoms with Gasteiger partial charge in [-0.3, -0.25) is 0 Å². The first-order chi connectivity index (χ1) is 11.8. The number of hydrogen-bond donors (Lipinski definition) is 0. The van der Waals surface area contributed by atoms with Crippen LogP contribution in [0.5, 0.6) is 0 Å². The summed E-state index contributed by atoms with van der Waals surface area (Å²) < 4.78 is 58.7. The summed E-state index contributed by atoms with van der Waals surface area (Å²) in [5.74, 6) is -1.53. The molecule has 0 aliphatic rings. The number of alkyl halides is 3. The molecular weight excluding hydrogens is 340 g/mol. The highest BCUT2D eigenvalue weighted by Crippen LogP contribution is 2.31. The number of ether oxygens (including phenoxy) is 1. The highest BCUT2D eigenvalue weighted by molar-refractivity contribution is 5.89. The Morgan fingerprint density at radius 1 is 1.24 bits per heavy atom. The monoisotopic (exact) mass is 352 g/mol. The Labute approximate surface area is 139 Å². The Kier molecular flexibility index (Phi) is 4.20. The molecule has 25 heavy (non-hydrogen) atoms. The maximum absolute atomic E-state index is 14.4. The minimum absolute atomic E-state index is 0.0124. The number of methoxy groups -OCH3 is 1. The molecule has 0 radical (unpaired) electrons. The summed E-state index contributed by atoms with van der Waals surface area (Å²) in [7, 11) is 1.15. The van der Waals surface area contributed by atoms with E-state index in [9.17, 15) is 22.4 Å². The maximum Gasteiger partial charge on any atom is 0.416 e. The SMILES string of the molecule is COC(=O)c1cccc(Cn2cnc3cc(C(F)(F)F)ccc32)c1F. The molecule has 0 aliphatic heterocycles. The second-order valence-corrected chi connectivity index (χ2v) is 5.34. The van der Waals surface area contributed by atoms with Crippen molar-refractivity contribution >= 4 is 17.0 Å². The Morgan fingerprint density at radius 3 is 2.68 bits per heavy atom. The lowest BCUT2D eigenvalue weighted by atomic mass is 10.1. The minimum atomic E-state index is -4.46. The number of aromatic nitrogens is 2. The van der Waals surface area contributed by atoms with Crippen LogP contribution in [0.25, 0.3) is 11.0 Å². The summed E-state index contributed by atoms with van der Waals surface area (Å²) in [6.45, 7) is 0.0124. The largest absolute Gasteiger partial charge is 0.465 e. The molecule has 3 rings (SSSR count). The molecule has 0 aliphatic carbocycles. The summed E-state index contributed by atoms with van der Waals surface area (Å²) in [5.41, 5.74) is -0.231. The van der Waals surface area contributed by atoms with Crippen LogP contribution in [0.15, 0.2) is 42.7 Å². The first-order valence-electron chi connectivity index (χ1n) is 7.19. The topological polar surface area (TPSA) is 44.1 Å². The lowest BCUT2D eigenvalue weighted by Gasteiger charge is -2.09. The van der Waals surface area contributed by atoms with Crippen molar-refractivity contribution < 1.29 is 27.1 Å². The third-order valence-electron chi connectivity index (χ3n) is 3.77. The van der Waals surface area contributed by atoms with Gasteiger partial charge < -0.3 is 9.30 Å². The van der Waals surface area contributed by atoms with E-state index in [2.05, 4.69) is 9.72 Å². The van der Waals surface area contributed by atoms with Crippen molar-refractivity contribution in [2.45, 2.75) is 12.7 Å². The molecule has 130 valence electrons. The smallest absolute Gasteiger partial charge is 0.416 e. The van der Waals surface area contributed by atoms with Crippen LogP contribution in [0.4, 0.5) is 17.6 Å². The van der Waals surface area contributed by atoms with E-state index >= 15 is 0 Å². The van der Waals surface area contributed by atoms with Crippen LogP contribution in [0.3, 0.4) is 0 Å². The molecule has 0 amide bonds. The van der Waals surface area contributed by atoms with E-state index in [1.165, 1.54) is 35.2 Å². The van der Waals surface area contributed by atoms with Crippen molar-refractivity contribution in [3.8, 4) is 0 Å². The van der Waals surface area contributed by atoms with Gasteiger partial charge in [0.25, 0.3) is 0 Å². The summed E-state index contributed by atoms with van der Waals surface area (Å²) in [6, 6.07) is 7.46. The molecule has 0 fully saturated rings. The van der Waals surface area contributed by atoms with Gasteiger partial charge in [0.15, 0.2) is 0 Å². The van der Waals surface area contributed by atoms with E-state index in [1.54, 1.807) is 0 Å². The molecule has 0 saturated heterocycles. The lowest BCUT2D eigenvalue weighted by molar-refractivity contribution is -0.137. The van der Waals surface area contributed by atoms with E-state index in [0.717, 1.165) is 19.2 Å². The van der Waals surface area contributed by atoms with Gasteiger partial charge in [-0.15, -0.1) is 0 Å². The Hall–Kier alpha value is -2.90. The van der Waals surface area contributed by atoms with E-state index in [0.29, 0.717) is 5.52 Å². The van der Waals surface area contributed by atoms with Gasteiger partial charge in [-0.1, -0.05) is 12.1 Å². The van der Waals surface area contributed by atoms with Crippen LogP contribution in [-0.2, 0) is 17.5 Å². The molecule has 1 heterocycles. The number of carbonyl (C=O) groups excluding carboxylic acids is 1. The van der Waals surface area contributed by atoms with Gasteiger partial charge in [-0.25, -0.2) is 14.2 Å². The molecule has 3 aromatic rings. The quantitative estimate of drug-likeness (QED) is 0.528. The number of benzene rings is 2. The normalized spacial score (nSPS) is 11.7. The Balaban J connectivity index is 1.98. The first kappa shape index (κ1) is 16.9. The van der Waals surface area contributed by atoms with E-state index in [-0.39, 0.29) is 23.2 Å². The molecule has 0 N–H and O–H groups in total.